The maximum atomic E-state index is 13.2. The zero-order valence-electron chi connectivity index (χ0n) is 66.5. The standard InChI is InChI=1S/2C29H37NO7.C15H14O3.C12H21NO4/c1-18(31)34-26-22-11-14-29(5,6)36-24(22)20-9-7-8-10-21(20)25(26)35-23(32)17-19-12-15-30(16-13-19)27(33)37-28(2,3)4;1-18(31)34-25-21-10-8-7-9-20(21)24-22(11-14-29(5,6)36-24)26(25)35-23(32)17-19-12-15-30(16-13-19)27(33)37-28(2,3)4;1-15(2)8-7-11-13(17)12(16)9-5-3-4-6-10(9)14(11)18-15;1-12(2,3)17-11(16)13-6-4-9(5-7-13)8-10(14)15/h2*7-10,19H,11-17H2,1-6H3;3-6H,7-8H2,1-2H3;9H,4-8H2,1-3H3,(H,14,15). The molecule has 3 saturated heterocycles. The van der Waals surface area contributed by atoms with Crippen LogP contribution >= 0.6 is 0 Å². The second-order valence-corrected chi connectivity index (χ2v) is 34.0. The summed E-state index contributed by atoms with van der Waals surface area (Å²) in [5.41, 5.74) is 0.635. The number of carboxylic acid groups (broad SMARTS) is 1. The van der Waals surface area contributed by atoms with Crippen LogP contribution in [0.15, 0.2) is 78.4 Å². The lowest BCUT2D eigenvalue weighted by atomic mass is 9.82. The summed E-state index contributed by atoms with van der Waals surface area (Å²) >= 11 is 0. The zero-order valence-corrected chi connectivity index (χ0v) is 66.5. The first-order valence-electron chi connectivity index (χ1n) is 38.0. The third-order valence-electron chi connectivity index (χ3n) is 19.7. The van der Waals surface area contributed by atoms with E-state index in [0.717, 1.165) is 59.6 Å². The number of rotatable bonds is 10. The highest BCUT2D eigenvalue weighted by molar-refractivity contribution is 6.52. The summed E-state index contributed by atoms with van der Waals surface area (Å²) < 4.78 is 58.0. The lowest BCUT2D eigenvalue weighted by molar-refractivity contribution is -0.138. The molecule has 1 aliphatic carbocycles. The molecular weight excluding hydrogens is 1400 g/mol. The lowest BCUT2D eigenvalue weighted by Gasteiger charge is -2.36. The Morgan fingerprint density at radius 2 is 0.743 bits per heavy atom. The number of likely N-dealkylation sites (tertiary alicyclic amines) is 3. The van der Waals surface area contributed by atoms with Crippen molar-refractivity contribution in [2.75, 3.05) is 39.3 Å². The van der Waals surface area contributed by atoms with Crippen LogP contribution in [-0.2, 0) is 60.6 Å². The number of hydrogen-bond acceptors (Lipinski definition) is 20. The van der Waals surface area contributed by atoms with E-state index in [-0.39, 0.29) is 95.1 Å². The monoisotopic (exact) mass is 1510 g/mol. The van der Waals surface area contributed by atoms with Gasteiger partial charge in [0.25, 0.3) is 0 Å². The molecule has 109 heavy (non-hydrogen) atoms. The number of benzene rings is 5. The summed E-state index contributed by atoms with van der Waals surface area (Å²) in [5.74, 6) is -0.0615. The predicted octanol–water partition coefficient (Wildman–Crippen LogP) is 16.5. The molecule has 6 aliphatic heterocycles. The molecule has 7 aliphatic rings. The third-order valence-corrected chi connectivity index (χ3v) is 19.7. The SMILES string of the molecule is CC(=O)Oc1c(OC(=O)CC2CCN(C(=O)OC(C)(C)C)CC2)c2c(c3ccccc13)OC(C)(C)CC2.CC(=O)Oc1c2c(c3ccccc3c1OC(=O)CC1CCN(C(=O)OC(C)(C)C)CC1)OC(C)(C)CC2.CC(C)(C)OC(=O)N1CCC(CC(=O)O)CC1.CC1(C)CCC2=C(O1)c1ccccc1C(=O)C2=O. The molecule has 5 aromatic carbocycles. The molecule has 5 aromatic rings. The number of carbonyl (C=O) groups excluding carboxylic acids is 9. The van der Waals surface area contributed by atoms with Gasteiger partial charge in [-0.3, -0.25) is 33.6 Å². The quantitative estimate of drug-likeness (QED) is 0.0588. The fourth-order valence-electron chi connectivity index (χ4n) is 14.2. The van der Waals surface area contributed by atoms with Crippen LogP contribution in [-0.4, -0.2) is 152 Å². The van der Waals surface area contributed by atoms with E-state index in [1.807, 2.05) is 165 Å². The minimum absolute atomic E-state index is 0.0785. The normalized spacial score (nSPS) is 18.2. The van der Waals surface area contributed by atoms with Crippen molar-refractivity contribution >= 4 is 87.0 Å². The van der Waals surface area contributed by atoms with Gasteiger partial charge in [0.05, 0.1) is 0 Å². The molecule has 24 nitrogen and oxygen atoms in total. The first-order chi connectivity index (χ1) is 50.9. The number of piperidine rings is 3. The molecule has 0 spiro atoms. The highest BCUT2D eigenvalue weighted by atomic mass is 16.6. The van der Waals surface area contributed by atoms with Gasteiger partial charge in [-0.15, -0.1) is 0 Å². The number of carboxylic acids is 1. The highest BCUT2D eigenvalue weighted by Gasteiger charge is 2.42. The van der Waals surface area contributed by atoms with Crippen molar-refractivity contribution in [1.82, 2.24) is 14.7 Å². The van der Waals surface area contributed by atoms with Crippen LogP contribution in [0.3, 0.4) is 0 Å². The number of hydrogen-bond donors (Lipinski definition) is 1. The summed E-state index contributed by atoms with van der Waals surface area (Å²) in [5, 5.41) is 11.6. The average Bonchev–Trinajstić information content (AvgIpc) is 0.753. The topological polar surface area (TPSA) is 293 Å². The van der Waals surface area contributed by atoms with Crippen molar-refractivity contribution in [3.8, 4) is 34.5 Å². The first-order valence-corrected chi connectivity index (χ1v) is 38.0. The molecule has 0 bridgehead atoms. The van der Waals surface area contributed by atoms with Gasteiger partial charge in [0, 0.05) is 122 Å². The maximum absolute atomic E-state index is 13.2. The second-order valence-electron chi connectivity index (χ2n) is 34.0. The van der Waals surface area contributed by atoms with Gasteiger partial charge in [0.1, 0.15) is 50.9 Å². The van der Waals surface area contributed by atoms with Gasteiger partial charge in [-0.25, -0.2) is 14.4 Å². The minimum Gasteiger partial charge on any atom is -0.487 e. The molecule has 12 rings (SSSR count). The van der Waals surface area contributed by atoms with Crippen LogP contribution in [0.2, 0.25) is 0 Å². The maximum Gasteiger partial charge on any atom is 0.410 e. The van der Waals surface area contributed by atoms with E-state index >= 15 is 0 Å². The Labute approximate surface area is 639 Å². The number of fused-ring (bicyclic) bond motifs is 8. The molecule has 24 heteroatoms. The van der Waals surface area contributed by atoms with E-state index in [2.05, 4.69) is 0 Å². The number of allylic oxidation sites excluding steroid dienone is 1. The summed E-state index contributed by atoms with van der Waals surface area (Å²) in [6.45, 7) is 34.6. The summed E-state index contributed by atoms with van der Waals surface area (Å²) in [7, 11) is 0. The van der Waals surface area contributed by atoms with E-state index in [4.69, 9.17) is 52.5 Å². The molecule has 1 N–H and O–H groups in total. The van der Waals surface area contributed by atoms with Crippen molar-refractivity contribution in [3.63, 3.8) is 0 Å². The van der Waals surface area contributed by atoms with Gasteiger partial charge in [0.2, 0.25) is 11.6 Å². The Morgan fingerprint density at radius 1 is 0.422 bits per heavy atom. The van der Waals surface area contributed by atoms with Crippen molar-refractivity contribution < 1.29 is 100 Å². The van der Waals surface area contributed by atoms with Crippen LogP contribution in [0, 0.1) is 17.8 Å². The molecule has 0 atom stereocenters. The molecular formula is C85H109N3O21. The number of carbonyl (C=O) groups is 10. The Morgan fingerprint density at radius 3 is 1.13 bits per heavy atom. The zero-order chi connectivity index (χ0) is 79.9. The van der Waals surface area contributed by atoms with Crippen molar-refractivity contribution in [1.29, 1.82) is 0 Å². The molecule has 3 fully saturated rings. The lowest BCUT2D eigenvalue weighted by Crippen LogP contribution is -2.42. The summed E-state index contributed by atoms with van der Waals surface area (Å²) in [6, 6.07) is 22.2. The minimum atomic E-state index is -0.763. The number of esters is 4. The van der Waals surface area contributed by atoms with Gasteiger partial charge in [-0.1, -0.05) is 72.8 Å². The molecule has 0 saturated carbocycles. The molecule has 0 unspecified atom stereocenters. The fraction of sp³-hybridized carbons (Fsp3) is 0.553. The predicted molar refractivity (Wildman–Crippen MR) is 408 cm³/mol. The Balaban J connectivity index is 0.000000177. The van der Waals surface area contributed by atoms with E-state index in [1.54, 1.807) is 26.8 Å². The van der Waals surface area contributed by atoms with Gasteiger partial charge in [-0.05, 0) is 199 Å². The first kappa shape index (κ1) is 83.3. The molecule has 0 radical (unpaired) electrons. The molecule has 6 heterocycles. The number of ketones is 2. The van der Waals surface area contributed by atoms with Crippen molar-refractivity contribution in [3.05, 3.63) is 101 Å². The third kappa shape index (κ3) is 22.5. The van der Waals surface area contributed by atoms with Gasteiger partial charge in [-0.2, -0.15) is 0 Å². The highest BCUT2D eigenvalue weighted by Crippen LogP contribution is 2.53. The van der Waals surface area contributed by atoms with Crippen LogP contribution in [0.5, 0.6) is 34.5 Å². The van der Waals surface area contributed by atoms with Gasteiger partial charge < -0.3 is 67.2 Å². The Kier molecular flexibility index (Phi) is 26.0. The van der Waals surface area contributed by atoms with Crippen molar-refractivity contribution in [2.45, 2.75) is 248 Å². The van der Waals surface area contributed by atoms with E-state index in [9.17, 15) is 47.9 Å². The van der Waals surface area contributed by atoms with E-state index in [0.29, 0.717) is 123 Å². The van der Waals surface area contributed by atoms with Crippen LogP contribution < -0.4 is 28.4 Å². The summed E-state index contributed by atoms with van der Waals surface area (Å²) in [6.07, 6.45) is 7.93. The smallest absolute Gasteiger partial charge is 0.410 e. The van der Waals surface area contributed by atoms with E-state index < -0.39 is 58.2 Å². The van der Waals surface area contributed by atoms with Crippen LogP contribution in [0.25, 0.3) is 27.3 Å². The van der Waals surface area contributed by atoms with E-state index in [1.165, 1.54) is 13.8 Å². The molecule has 590 valence electrons. The largest absolute Gasteiger partial charge is 0.487 e. The van der Waals surface area contributed by atoms with Gasteiger partial charge in [0.15, 0.2) is 23.0 Å². The number of aliphatic carboxylic acids is 1. The molecule has 3 amide bonds. The number of nitrogens with zero attached hydrogens (tertiary/aromatic N) is 3. The number of amides is 3. The number of ether oxygens (including phenoxy) is 10. The molecule has 0 aromatic heterocycles. The Bertz CT molecular complexity index is 4310. The van der Waals surface area contributed by atoms with Crippen LogP contribution in [0.4, 0.5) is 14.4 Å². The average molecular weight is 1510 g/mol. The van der Waals surface area contributed by atoms with Crippen molar-refractivity contribution in [2.24, 2.45) is 17.8 Å². The fourth-order valence-corrected chi connectivity index (χ4v) is 14.2. The Hall–Kier alpha value is -9.74. The second kappa shape index (κ2) is 34.0. The summed E-state index contributed by atoms with van der Waals surface area (Å²) in [4.78, 5) is 126. The van der Waals surface area contributed by atoms with Crippen LogP contribution in [0.1, 0.15) is 228 Å². The van der Waals surface area contributed by atoms with Gasteiger partial charge >= 0.3 is 48.1 Å². The number of Topliss-reactive ketones (excluding diaryl/α,β-unsaturated/α-hetero) is 2.